The first-order valence-corrected chi connectivity index (χ1v) is 8.89. The van der Waals surface area contributed by atoms with Crippen molar-refractivity contribution in [3.63, 3.8) is 0 Å². The number of amides is 4. The summed E-state index contributed by atoms with van der Waals surface area (Å²) in [5, 5.41) is 0. The highest BCUT2D eigenvalue weighted by Gasteiger charge is 2.38. The SMILES string of the molecule is Cc1cc(C=C2C(=O)N(C)C(=O)N(C)C2=O)c(C)n1-c1ccc(Br)cc1F. The molecule has 1 aromatic carbocycles. The van der Waals surface area contributed by atoms with Crippen molar-refractivity contribution in [1.82, 2.24) is 14.4 Å². The monoisotopic (exact) mass is 433 g/mol. The van der Waals surface area contributed by atoms with E-state index in [9.17, 15) is 18.8 Å². The Kier molecular flexibility index (Phi) is 4.77. The van der Waals surface area contributed by atoms with Crippen LogP contribution in [0.4, 0.5) is 9.18 Å². The number of urea groups is 1. The number of aryl methyl sites for hydroxylation is 1. The fourth-order valence-corrected chi connectivity index (χ4v) is 3.43. The zero-order valence-electron chi connectivity index (χ0n) is 15.2. The van der Waals surface area contributed by atoms with E-state index in [1.807, 2.05) is 6.92 Å². The maximum atomic E-state index is 14.4. The van der Waals surface area contributed by atoms with Crippen LogP contribution in [0.25, 0.3) is 11.8 Å². The number of halogens is 2. The molecule has 0 saturated carbocycles. The second kappa shape index (κ2) is 6.77. The molecule has 1 fully saturated rings. The van der Waals surface area contributed by atoms with Crippen LogP contribution >= 0.6 is 15.9 Å². The maximum Gasteiger partial charge on any atom is 0.333 e. The Morgan fingerprint density at radius 2 is 1.59 bits per heavy atom. The molecule has 8 heteroatoms. The Balaban J connectivity index is 2.12. The predicted octanol–water partition coefficient (Wildman–Crippen LogP) is 3.43. The number of rotatable bonds is 2. The van der Waals surface area contributed by atoms with E-state index in [4.69, 9.17) is 0 Å². The molecule has 2 aromatic rings. The third kappa shape index (κ3) is 3.10. The van der Waals surface area contributed by atoms with Crippen LogP contribution < -0.4 is 0 Å². The Morgan fingerprint density at radius 3 is 2.15 bits per heavy atom. The van der Waals surface area contributed by atoms with E-state index < -0.39 is 23.7 Å². The molecule has 0 atom stereocenters. The van der Waals surface area contributed by atoms with Crippen LogP contribution in [0.2, 0.25) is 0 Å². The Bertz CT molecular complexity index is 999. The lowest BCUT2D eigenvalue weighted by Gasteiger charge is -2.28. The molecule has 0 radical (unpaired) electrons. The van der Waals surface area contributed by atoms with Gasteiger partial charge in [0.15, 0.2) is 0 Å². The van der Waals surface area contributed by atoms with E-state index in [-0.39, 0.29) is 5.57 Å². The Labute approximate surface area is 164 Å². The van der Waals surface area contributed by atoms with Gasteiger partial charge in [0.05, 0.1) is 5.69 Å². The molecule has 4 amide bonds. The van der Waals surface area contributed by atoms with Gasteiger partial charge in [-0.05, 0) is 49.8 Å². The normalized spacial score (nSPS) is 15.0. The van der Waals surface area contributed by atoms with Crippen molar-refractivity contribution in [2.45, 2.75) is 13.8 Å². The van der Waals surface area contributed by atoms with Gasteiger partial charge in [0.1, 0.15) is 11.4 Å². The van der Waals surface area contributed by atoms with Crippen LogP contribution in [0.3, 0.4) is 0 Å². The van der Waals surface area contributed by atoms with Crippen molar-refractivity contribution in [3.8, 4) is 5.69 Å². The largest absolute Gasteiger partial charge is 0.333 e. The van der Waals surface area contributed by atoms with Crippen molar-refractivity contribution in [1.29, 1.82) is 0 Å². The first kappa shape index (κ1) is 19.0. The van der Waals surface area contributed by atoms with E-state index >= 15 is 0 Å². The lowest BCUT2D eigenvalue weighted by atomic mass is 10.1. The number of benzene rings is 1. The highest BCUT2D eigenvalue weighted by molar-refractivity contribution is 9.10. The van der Waals surface area contributed by atoms with Gasteiger partial charge >= 0.3 is 6.03 Å². The van der Waals surface area contributed by atoms with Gasteiger partial charge < -0.3 is 4.57 Å². The first-order chi connectivity index (χ1) is 12.6. The van der Waals surface area contributed by atoms with Gasteiger partial charge in [0, 0.05) is 30.0 Å². The van der Waals surface area contributed by atoms with E-state index in [2.05, 4.69) is 15.9 Å². The molecule has 1 aromatic heterocycles. The number of hydrogen-bond acceptors (Lipinski definition) is 3. The first-order valence-electron chi connectivity index (χ1n) is 8.09. The molecular weight excluding hydrogens is 417 g/mol. The maximum absolute atomic E-state index is 14.4. The quantitative estimate of drug-likeness (QED) is 0.538. The lowest BCUT2D eigenvalue weighted by Crippen LogP contribution is -2.52. The van der Waals surface area contributed by atoms with E-state index in [0.717, 1.165) is 15.5 Å². The molecule has 1 aliphatic rings. The van der Waals surface area contributed by atoms with Gasteiger partial charge in [-0.3, -0.25) is 19.4 Å². The van der Waals surface area contributed by atoms with Crippen LogP contribution in [0.1, 0.15) is 17.0 Å². The van der Waals surface area contributed by atoms with Gasteiger partial charge in [0.25, 0.3) is 11.8 Å². The molecule has 140 valence electrons. The van der Waals surface area contributed by atoms with Crippen LogP contribution in [-0.4, -0.2) is 46.3 Å². The topological polar surface area (TPSA) is 62.6 Å². The molecule has 0 N–H and O–H groups in total. The number of hydrogen-bond donors (Lipinski definition) is 0. The highest BCUT2D eigenvalue weighted by atomic mass is 79.9. The van der Waals surface area contributed by atoms with E-state index in [0.29, 0.717) is 21.4 Å². The molecule has 1 aliphatic heterocycles. The smallest absolute Gasteiger partial charge is 0.315 e. The van der Waals surface area contributed by atoms with Crippen LogP contribution in [-0.2, 0) is 9.59 Å². The molecule has 2 heterocycles. The zero-order chi connectivity index (χ0) is 20.0. The van der Waals surface area contributed by atoms with E-state index in [1.54, 1.807) is 29.7 Å². The number of imide groups is 2. The summed E-state index contributed by atoms with van der Waals surface area (Å²) in [5.74, 6) is -1.73. The lowest BCUT2D eigenvalue weighted by molar-refractivity contribution is -0.134. The van der Waals surface area contributed by atoms with Crippen molar-refractivity contribution < 1.29 is 18.8 Å². The number of barbiturate groups is 1. The second-order valence-corrected chi connectivity index (χ2v) is 7.24. The van der Waals surface area contributed by atoms with Crippen LogP contribution in [0.15, 0.2) is 34.3 Å². The van der Waals surface area contributed by atoms with Gasteiger partial charge in [-0.25, -0.2) is 9.18 Å². The fourth-order valence-electron chi connectivity index (χ4n) is 3.10. The molecule has 1 saturated heterocycles. The molecule has 6 nitrogen and oxygen atoms in total. The summed E-state index contributed by atoms with van der Waals surface area (Å²) in [6.07, 6.45) is 1.44. The molecule has 27 heavy (non-hydrogen) atoms. The molecule has 3 rings (SSSR count). The third-order valence-corrected chi connectivity index (χ3v) is 5.06. The van der Waals surface area contributed by atoms with Gasteiger partial charge in [0.2, 0.25) is 0 Å². The minimum Gasteiger partial charge on any atom is -0.315 e. The number of nitrogens with zero attached hydrogens (tertiary/aromatic N) is 3. The fraction of sp³-hybridized carbons (Fsp3) is 0.211. The second-order valence-electron chi connectivity index (χ2n) is 6.33. The number of aromatic nitrogens is 1. The highest BCUT2D eigenvalue weighted by Crippen LogP contribution is 2.27. The standard InChI is InChI=1S/C19H17BrFN3O3/c1-10-7-12(8-14-17(25)22(3)19(27)23(4)18(14)26)11(2)24(10)16-6-5-13(20)9-15(16)21/h5-9H,1-4H3. The molecule has 0 bridgehead atoms. The summed E-state index contributed by atoms with van der Waals surface area (Å²) >= 11 is 3.24. The predicted molar refractivity (Wildman–Crippen MR) is 102 cm³/mol. The summed E-state index contributed by atoms with van der Waals surface area (Å²) in [4.78, 5) is 38.4. The van der Waals surface area contributed by atoms with E-state index in [1.165, 1.54) is 26.2 Å². The van der Waals surface area contributed by atoms with Crippen molar-refractivity contribution >= 4 is 39.9 Å². The van der Waals surface area contributed by atoms with Gasteiger partial charge in [-0.2, -0.15) is 0 Å². The number of carbonyl (C=O) groups excluding carboxylic acids is 3. The summed E-state index contributed by atoms with van der Waals surface area (Å²) in [5.41, 5.74) is 2.26. The summed E-state index contributed by atoms with van der Waals surface area (Å²) in [6, 6.07) is 5.84. The minimum absolute atomic E-state index is 0.115. The average Bonchev–Trinajstić information content (AvgIpc) is 2.89. The van der Waals surface area contributed by atoms with Gasteiger partial charge in [-0.1, -0.05) is 15.9 Å². The average molecular weight is 434 g/mol. The zero-order valence-corrected chi connectivity index (χ0v) is 16.8. The number of likely N-dealkylation sites (N-methyl/N-ethyl adjacent to an activating group) is 2. The van der Waals surface area contributed by atoms with Crippen molar-refractivity contribution in [2.24, 2.45) is 0 Å². The van der Waals surface area contributed by atoms with Crippen molar-refractivity contribution in [2.75, 3.05) is 14.1 Å². The van der Waals surface area contributed by atoms with Crippen molar-refractivity contribution in [3.05, 3.63) is 57.1 Å². The third-order valence-electron chi connectivity index (χ3n) is 4.56. The molecular formula is C19H17BrFN3O3. The summed E-state index contributed by atoms with van der Waals surface area (Å²) < 4.78 is 16.7. The molecule has 0 unspecified atom stereocenters. The number of carbonyl (C=O) groups is 3. The summed E-state index contributed by atoms with van der Waals surface area (Å²) in [7, 11) is 2.64. The molecule has 0 spiro atoms. The van der Waals surface area contributed by atoms with Crippen LogP contribution in [0.5, 0.6) is 0 Å². The minimum atomic E-state index is -0.676. The van der Waals surface area contributed by atoms with Gasteiger partial charge in [-0.15, -0.1) is 0 Å². The Morgan fingerprint density at radius 1 is 1.00 bits per heavy atom. The summed E-state index contributed by atoms with van der Waals surface area (Å²) in [6.45, 7) is 3.58. The molecule has 0 aliphatic carbocycles. The van der Waals surface area contributed by atoms with Crippen LogP contribution in [0, 0.1) is 19.7 Å². The Hall–Kier alpha value is -2.74.